The van der Waals surface area contributed by atoms with Gasteiger partial charge in [0.25, 0.3) is 0 Å². The number of nitrogens with one attached hydrogen (secondary N) is 1. The number of aliphatic hydroxyl groups is 1. The smallest absolute Gasteiger partial charge is 0.234 e. The fourth-order valence-corrected chi connectivity index (χ4v) is 1.16. The largest absolute Gasteiger partial charge is 0.396 e. The SMILES string of the molecule is CC(C)C(Br)C(=O)NC(C)(C)CCO. The lowest BCUT2D eigenvalue weighted by Gasteiger charge is -2.27. The van der Waals surface area contributed by atoms with Crippen molar-refractivity contribution in [3.05, 3.63) is 0 Å². The highest BCUT2D eigenvalue weighted by Gasteiger charge is 2.25. The fraction of sp³-hybridized carbons (Fsp3) is 0.900. The van der Waals surface area contributed by atoms with Crippen molar-refractivity contribution in [1.29, 1.82) is 0 Å². The maximum absolute atomic E-state index is 11.6. The quantitative estimate of drug-likeness (QED) is 0.744. The van der Waals surface area contributed by atoms with Gasteiger partial charge in [-0.2, -0.15) is 0 Å². The zero-order valence-electron chi connectivity index (χ0n) is 9.30. The minimum Gasteiger partial charge on any atom is -0.396 e. The zero-order chi connectivity index (χ0) is 11.4. The first-order valence-corrected chi connectivity index (χ1v) is 5.78. The standard InChI is InChI=1S/C10H20BrNO2/c1-7(2)8(11)9(14)12-10(3,4)5-6-13/h7-8,13H,5-6H2,1-4H3,(H,12,14). The van der Waals surface area contributed by atoms with Crippen molar-refractivity contribution in [2.45, 2.75) is 44.5 Å². The molecular formula is C10H20BrNO2. The van der Waals surface area contributed by atoms with Crippen LogP contribution in [0.3, 0.4) is 0 Å². The van der Waals surface area contributed by atoms with E-state index in [-0.39, 0.29) is 28.8 Å². The maximum atomic E-state index is 11.6. The van der Waals surface area contributed by atoms with Gasteiger partial charge in [-0.15, -0.1) is 0 Å². The molecule has 4 heteroatoms. The van der Waals surface area contributed by atoms with Gasteiger partial charge in [-0.05, 0) is 26.2 Å². The third-order valence-corrected chi connectivity index (χ3v) is 3.51. The van der Waals surface area contributed by atoms with Crippen molar-refractivity contribution in [3.8, 4) is 0 Å². The molecule has 84 valence electrons. The molecule has 1 amide bonds. The molecule has 0 saturated heterocycles. The average molecular weight is 266 g/mol. The molecule has 0 fully saturated rings. The summed E-state index contributed by atoms with van der Waals surface area (Å²) in [4.78, 5) is 11.5. The first-order valence-electron chi connectivity index (χ1n) is 4.87. The van der Waals surface area contributed by atoms with Crippen molar-refractivity contribution in [3.63, 3.8) is 0 Å². The Morgan fingerprint density at radius 2 is 2.00 bits per heavy atom. The van der Waals surface area contributed by atoms with E-state index in [1.54, 1.807) is 0 Å². The van der Waals surface area contributed by atoms with Gasteiger partial charge in [0.2, 0.25) is 5.91 Å². The number of rotatable bonds is 5. The Morgan fingerprint density at radius 1 is 1.50 bits per heavy atom. The van der Waals surface area contributed by atoms with E-state index in [1.165, 1.54) is 0 Å². The first-order chi connectivity index (χ1) is 6.30. The van der Waals surface area contributed by atoms with E-state index >= 15 is 0 Å². The number of amides is 1. The molecule has 1 atom stereocenters. The minimum atomic E-state index is -0.341. The summed E-state index contributed by atoms with van der Waals surface area (Å²) >= 11 is 3.34. The second-order valence-corrected chi connectivity index (χ2v) is 5.48. The summed E-state index contributed by atoms with van der Waals surface area (Å²) in [6.45, 7) is 7.86. The molecule has 0 saturated carbocycles. The summed E-state index contributed by atoms with van der Waals surface area (Å²) in [7, 11) is 0. The number of carbonyl (C=O) groups excluding carboxylic acids is 1. The van der Waals surface area contributed by atoms with E-state index in [1.807, 2.05) is 27.7 Å². The number of alkyl halides is 1. The van der Waals surface area contributed by atoms with Crippen molar-refractivity contribution in [1.82, 2.24) is 5.32 Å². The van der Waals surface area contributed by atoms with Crippen LogP contribution < -0.4 is 5.32 Å². The van der Waals surface area contributed by atoms with Crippen LogP contribution in [0, 0.1) is 5.92 Å². The fourth-order valence-electron chi connectivity index (χ4n) is 1.05. The van der Waals surface area contributed by atoms with Gasteiger partial charge < -0.3 is 10.4 Å². The van der Waals surface area contributed by atoms with Gasteiger partial charge >= 0.3 is 0 Å². The summed E-state index contributed by atoms with van der Waals surface area (Å²) in [5.41, 5.74) is -0.341. The van der Waals surface area contributed by atoms with Crippen LogP contribution in [-0.4, -0.2) is 28.0 Å². The van der Waals surface area contributed by atoms with E-state index < -0.39 is 0 Å². The Kier molecular flexibility index (Phi) is 5.67. The van der Waals surface area contributed by atoms with Crippen LogP contribution in [0.25, 0.3) is 0 Å². The molecule has 0 spiro atoms. The normalized spacial score (nSPS) is 14.2. The Labute approximate surface area is 94.4 Å². The maximum Gasteiger partial charge on any atom is 0.234 e. The second kappa shape index (κ2) is 5.71. The molecule has 2 N–H and O–H groups in total. The third kappa shape index (κ3) is 4.96. The van der Waals surface area contributed by atoms with Crippen LogP contribution in [0.1, 0.15) is 34.1 Å². The molecule has 14 heavy (non-hydrogen) atoms. The number of hydrogen-bond acceptors (Lipinski definition) is 2. The summed E-state index contributed by atoms with van der Waals surface area (Å²) in [5.74, 6) is 0.248. The van der Waals surface area contributed by atoms with Crippen molar-refractivity contribution >= 4 is 21.8 Å². The Morgan fingerprint density at radius 3 is 2.36 bits per heavy atom. The molecule has 0 aromatic rings. The van der Waals surface area contributed by atoms with Crippen LogP contribution in [-0.2, 0) is 4.79 Å². The lowest BCUT2D eigenvalue weighted by Crippen LogP contribution is -2.48. The predicted molar refractivity (Wildman–Crippen MR) is 61.5 cm³/mol. The van der Waals surface area contributed by atoms with Crippen LogP contribution in [0.5, 0.6) is 0 Å². The molecule has 3 nitrogen and oxygen atoms in total. The number of hydrogen-bond donors (Lipinski definition) is 2. The van der Waals surface area contributed by atoms with E-state index in [0.29, 0.717) is 6.42 Å². The lowest BCUT2D eigenvalue weighted by molar-refractivity contribution is -0.122. The van der Waals surface area contributed by atoms with E-state index in [0.717, 1.165) is 0 Å². The summed E-state index contributed by atoms with van der Waals surface area (Å²) in [5, 5.41) is 11.7. The number of aliphatic hydroxyl groups excluding tert-OH is 1. The van der Waals surface area contributed by atoms with Gasteiger partial charge in [0.05, 0.1) is 4.83 Å². The Balaban J connectivity index is 4.17. The molecule has 0 aliphatic rings. The molecule has 0 radical (unpaired) electrons. The van der Waals surface area contributed by atoms with Crippen LogP contribution in [0.2, 0.25) is 0 Å². The second-order valence-electron chi connectivity index (χ2n) is 4.49. The highest BCUT2D eigenvalue weighted by molar-refractivity contribution is 9.10. The predicted octanol–water partition coefficient (Wildman–Crippen LogP) is 1.68. The molecular weight excluding hydrogens is 246 g/mol. The van der Waals surface area contributed by atoms with Gasteiger partial charge in [-0.25, -0.2) is 0 Å². The Bertz CT molecular complexity index is 193. The summed E-state index contributed by atoms with van der Waals surface area (Å²) in [6, 6.07) is 0. The van der Waals surface area contributed by atoms with Crippen LogP contribution >= 0.6 is 15.9 Å². The zero-order valence-corrected chi connectivity index (χ0v) is 10.9. The molecule has 0 aliphatic carbocycles. The lowest BCUT2D eigenvalue weighted by atomic mass is 10.00. The van der Waals surface area contributed by atoms with E-state index in [2.05, 4.69) is 21.2 Å². The van der Waals surface area contributed by atoms with Crippen LogP contribution in [0.15, 0.2) is 0 Å². The minimum absolute atomic E-state index is 0.0153. The highest BCUT2D eigenvalue weighted by Crippen LogP contribution is 2.15. The monoisotopic (exact) mass is 265 g/mol. The van der Waals surface area contributed by atoms with Crippen LogP contribution in [0.4, 0.5) is 0 Å². The van der Waals surface area contributed by atoms with E-state index in [9.17, 15) is 4.79 Å². The molecule has 0 aromatic heterocycles. The number of halogens is 1. The van der Waals surface area contributed by atoms with Crippen molar-refractivity contribution in [2.75, 3.05) is 6.61 Å². The third-order valence-electron chi connectivity index (χ3n) is 2.03. The Hall–Kier alpha value is -0.0900. The average Bonchev–Trinajstić information content (AvgIpc) is 2.01. The molecule has 0 rings (SSSR count). The molecule has 0 aromatic carbocycles. The van der Waals surface area contributed by atoms with Gasteiger partial charge in [-0.3, -0.25) is 4.79 Å². The van der Waals surface area contributed by atoms with Gasteiger partial charge in [0.15, 0.2) is 0 Å². The van der Waals surface area contributed by atoms with Gasteiger partial charge in [0.1, 0.15) is 0 Å². The van der Waals surface area contributed by atoms with Gasteiger partial charge in [-0.1, -0.05) is 29.8 Å². The molecule has 1 unspecified atom stereocenters. The van der Waals surface area contributed by atoms with Gasteiger partial charge in [0, 0.05) is 12.1 Å². The van der Waals surface area contributed by atoms with E-state index in [4.69, 9.17) is 5.11 Å². The molecule has 0 bridgehead atoms. The molecule has 0 heterocycles. The molecule has 0 aliphatic heterocycles. The van der Waals surface area contributed by atoms with Crippen molar-refractivity contribution in [2.24, 2.45) is 5.92 Å². The highest BCUT2D eigenvalue weighted by atomic mass is 79.9. The topological polar surface area (TPSA) is 49.3 Å². The first kappa shape index (κ1) is 13.9. The summed E-state index contributed by atoms with van der Waals surface area (Å²) in [6.07, 6.45) is 0.566. The van der Waals surface area contributed by atoms with Crippen molar-refractivity contribution < 1.29 is 9.90 Å². The number of carbonyl (C=O) groups is 1. The summed E-state index contributed by atoms with van der Waals surface area (Å²) < 4.78 is 0.